The van der Waals surface area contributed by atoms with Gasteiger partial charge in [0, 0.05) is 0 Å². The van der Waals surface area contributed by atoms with Crippen LogP contribution in [0.2, 0.25) is 0 Å². The van der Waals surface area contributed by atoms with E-state index < -0.39 is 0 Å². The second-order valence-corrected chi connectivity index (χ2v) is 7.51. The number of aliphatic hydroxyl groups excluding tert-OH is 2. The maximum Gasteiger partial charge on any atom is 0.0760 e. The van der Waals surface area contributed by atoms with Gasteiger partial charge >= 0.3 is 0 Å². The van der Waals surface area contributed by atoms with Crippen LogP contribution in [0.4, 0.5) is 0 Å². The molecule has 0 aromatic carbocycles. The summed E-state index contributed by atoms with van der Waals surface area (Å²) in [5, 5.41) is 17.7. The molecule has 0 rings (SSSR count). The van der Waals surface area contributed by atoms with Gasteiger partial charge in [0.25, 0.3) is 0 Å². The van der Waals surface area contributed by atoms with Gasteiger partial charge in [0.1, 0.15) is 0 Å². The Balaban J connectivity index is 3.48. The van der Waals surface area contributed by atoms with Gasteiger partial charge in [-0.1, -0.05) is 121 Å². The molecule has 0 aromatic rings. The van der Waals surface area contributed by atoms with Gasteiger partial charge in [0.05, 0.1) is 25.9 Å². The van der Waals surface area contributed by atoms with Crippen LogP contribution in [0.5, 0.6) is 0 Å². The van der Waals surface area contributed by atoms with Crippen molar-refractivity contribution in [2.75, 3.05) is 19.8 Å². The number of hydrogen-bond acceptors (Lipinski definition) is 3. The standard InChI is InChI=1S/C24H46O3/c1-2-3-4-5-6-7-8-9-10-11-12-13-14-16-19-24(27-23-22-26)20-17-15-18-21-25/h15,17-18,20,24-26H,2-14,16,19,21-23H2,1H3/b18-15+,20-17+/t24-/m1/s1. The molecule has 0 aliphatic rings. The van der Waals surface area contributed by atoms with Crippen LogP contribution in [0.3, 0.4) is 0 Å². The summed E-state index contributed by atoms with van der Waals surface area (Å²) in [5.41, 5.74) is 0. The molecule has 2 N–H and O–H groups in total. The Morgan fingerprint density at radius 1 is 0.704 bits per heavy atom. The Kier molecular flexibility index (Phi) is 22.8. The van der Waals surface area contributed by atoms with Gasteiger partial charge in [-0.25, -0.2) is 0 Å². The van der Waals surface area contributed by atoms with E-state index in [2.05, 4.69) is 6.92 Å². The molecule has 3 nitrogen and oxygen atoms in total. The lowest BCUT2D eigenvalue weighted by Crippen LogP contribution is -2.12. The van der Waals surface area contributed by atoms with E-state index in [-0.39, 0.29) is 19.3 Å². The fourth-order valence-corrected chi connectivity index (χ4v) is 3.31. The van der Waals surface area contributed by atoms with Gasteiger partial charge in [-0.15, -0.1) is 0 Å². The highest BCUT2D eigenvalue weighted by atomic mass is 16.5. The molecule has 0 aromatic heterocycles. The lowest BCUT2D eigenvalue weighted by Gasteiger charge is -2.13. The molecule has 27 heavy (non-hydrogen) atoms. The second kappa shape index (κ2) is 23.4. The number of ether oxygens (including phenoxy) is 1. The van der Waals surface area contributed by atoms with E-state index in [0.29, 0.717) is 6.61 Å². The maximum atomic E-state index is 8.92. The average molecular weight is 383 g/mol. The molecular weight excluding hydrogens is 336 g/mol. The van der Waals surface area contributed by atoms with Crippen molar-refractivity contribution in [2.45, 2.75) is 109 Å². The van der Waals surface area contributed by atoms with E-state index in [0.717, 1.165) is 6.42 Å². The van der Waals surface area contributed by atoms with Crippen LogP contribution in [-0.2, 0) is 4.74 Å². The molecule has 1 atom stereocenters. The van der Waals surface area contributed by atoms with Gasteiger partial charge in [0.2, 0.25) is 0 Å². The Bertz CT molecular complexity index is 326. The molecule has 0 aliphatic carbocycles. The molecular formula is C24H46O3. The summed E-state index contributed by atoms with van der Waals surface area (Å²) in [4.78, 5) is 0. The number of rotatable bonds is 21. The molecule has 0 saturated carbocycles. The molecule has 0 aliphatic heterocycles. The molecule has 3 heteroatoms. The molecule has 0 fully saturated rings. The number of hydrogen-bond donors (Lipinski definition) is 2. The van der Waals surface area contributed by atoms with Crippen molar-refractivity contribution in [2.24, 2.45) is 0 Å². The van der Waals surface area contributed by atoms with Crippen LogP contribution < -0.4 is 0 Å². The summed E-state index contributed by atoms with van der Waals surface area (Å²) >= 11 is 0. The largest absolute Gasteiger partial charge is 0.394 e. The Hall–Kier alpha value is -0.640. The fraction of sp³-hybridized carbons (Fsp3) is 0.833. The lowest BCUT2D eigenvalue weighted by atomic mass is 10.0. The van der Waals surface area contributed by atoms with E-state index in [4.69, 9.17) is 14.9 Å². The normalized spacial score (nSPS) is 13.1. The predicted molar refractivity (Wildman–Crippen MR) is 117 cm³/mol. The van der Waals surface area contributed by atoms with Crippen molar-refractivity contribution < 1.29 is 14.9 Å². The summed E-state index contributed by atoms with van der Waals surface area (Å²) < 4.78 is 5.65. The third kappa shape index (κ3) is 21.5. The summed E-state index contributed by atoms with van der Waals surface area (Å²) in [5.74, 6) is 0. The van der Waals surface area contributed by atoms with Crippen LogP contribution in [0.25, 0.3) is 0 Å². The first-order valence-electron chi connectivity index (χ1n) is 11.5. The Morgan fingerprint density at radius 3 is 1.70 bits per heavy atom. The molecule has 0 bridgehead atoms. The van der Waals surface area contributed by atoms with E-state index >= 15 is 0 Å². The van der Waals surface area contributed by atoms with Crippen molar-refractivity contribution in [3.8, 4) is 0 Å². The van der Waals surface area contributed by atoms with Crippen LogP contribution >= 0.6 is 0 Å². The highest BCUT2D eigenvalue weighted by Crippen LogP contribution is 2.14. The second-order valence-electron chi connectivity index (χ2n) is 7.51. The first-order chi connectivity index (χ1) is 13.3. The average Bonchev–Trinajstić information content (AvgIpc) is 2.68. The SMILES string of the molecule is CCCCCCCCCCCCCCCC[C@H](/C=C/C=C/CO)OCCO. The van der Waals surface area contributed by atoms with E-state index in [9.17, 15) is 0 Å². The Morgan fingerprint density at radius 2 is 1.22 bits per heavy atom. The predicted octanol–water partition coefficient (Wildman–Crippen LogP) is 6.34. The van der Waals surface area contributed by atoms with Gasteiger partial charge in [-0.05, 0) is 6.42 Å². The zero-order chi connectivity index (χ0) is 19.8. The van der Waals surface area contributed by atoms with E-state index in [1.807, 2.05) is 18.2 Å². The summed E-state index contributed by atoms with van der Waals surface area (Å²) in [7, 11) is 0. The number of allylic oxidation sites excluding steroid dienone is 2. The van der Waals surface area contributed by atoms with Gasteiger partial charge in [-0.2, -0.15) is 0 Å². The van der Waals surface area contributed by atoms with E-state index in [1.54, 1.807) is 6.08 Å². The first-order valence-corrected chi connectivity index (χ1v) is 11.5. The summed E-state index contributed by atoms with van der Waals surface area (Å²) in [6.45, 7) is 2.79. The van der Waals surface area contributed by atoms with Crippen molar-refractivity contribution >= 4 is 0 Å². The van der Waals surface area contributed by atoms with Gasteiger partial charge < -0.3 is 14.9 Å². The molecule has 160 valence electrons. The van der Waals surface area contributed by atoms with Crippen LogP contribution in [0.1, 0.15) is 103 Å². The minimum absolute atomic E-state index is 0.0610. The van der Waals surface area contributed by atoms with Crippen molar-refractivity contribution in [1.82, 2.24) is 0 Å². The molecule has 0 spiro atoms. The fourth-order valence-electron chi connectivity index (χ4n) is 3.31. The third-order valence-electron chi connectivity index (χ3n) is 4.94. The van der Waals surface area contributed by atoms with Crippen LogP contribution in [0.15, 0.2) is 24.3 Å². The maximum absolute atomic E-state index is 8.92. The highest BCUT2D eigenvalue weighted by Gasteiger charge is 2.04. The monoisotopic (exact) mass is 382 g/mol. The first kappa shape index (κ1) is 26.4. The summed E-state index contributed by atoms with van der Waals surface area (Å²) in [6, 6.07) is 0. The minimum atomic E-state index is 0.0610. The third-order valence-corrected chi connectivity index (χ3v) is 4.94. The zero-order valence-electron chi connectivity index (χ0n) is 17.9. The molecule has 0 heterocycles. The van der Waals surface area contributed by atoms with Crippen LogP contribution in [0, 0.1) is 0 Å². The summed E-state index contributed by atoms with van der Waals surface area (Å²) in [6.07, 6.45) is 27.7. The zero-order valence-corrected chi connectivity index (χ0v) is 17.9. The molecule has 0 radical (unpaired) electrons. The number of aliphatic hydroxyl groups is 2. The molecule has 0 saturated heterocycles. The Labute approximate surface area is 168 Å². The molecule has 0 unspecified atom stereocenters. The van der Waals surface area contributed by atoms with Crippen molar-refractivity contribution in [3.63, 3.8) is 0 Å². The smallest absolute Gasteiger partial charge is 0.0760 e. The van der Waals surface area contributed by atoms with Gasteiger partial charge in [0.15, 0.2) is 0 Å². The quantitative estimate of drug-likeness (QED) is 0.180. The minimum Gasteiger partial charge on any atom is -0.394 e. The van der Waals surface area contributed by atoms with Crippen LogP contribution in [-0.4, -0.2) is 36.1 Å². The highest BCUT2D eigenvalue weighted by molar-refractivity contribution is 5.05. The van der Waals surface area contributed by atoms with Crippen molar-refractivity contribution in [1.29, 1.82) is 0 Å². The molecule has 0 amide bonds. The van der Waals surface area contributed by atoms with E-state index in [1.165, 1.54) is 89.9 Å². The lowest BCUT2D eigenvalue weighted by molar-refractivity contribution is 0.0489. The topological polar surface area (TPSA) is 49.7 Å². The number of unbranched alkanes of at least 4 members (excludes halogenated alkanes) is 13. The van der Waals surface area contributed by atoms with Gasteiger partial charge in [-0.3, -0.25) is 0 Å². The van der Waals surface area contributed by atoms with Crippen molar-refractivity contribution in [3.05, 3.63) is 24.3 Å².